The Morgan fingerprint density at radius 2 is 1.85 bits per heavy atom. The minimum absolute atomic E-state index is 0.0172. The maximum Gasteiger partial charge on any atom is 0.220 e. The number of aliphatic imine (C=N–C) groups is 1. The summed E-state index contributed by atoms with van der Waals surface area (Å²) in [6, 6.07) is 8.05. The molecule has 0 unspecified atom stereocenters. The molecular weight excluding hydrogens is 328 g/mol. The van der Waals surface area contributed by atoms with E-state index in [1.54, 1.807) is 0 Å². The van der Waals surface area contributed by atoms with Crippen molar-refractivity contribution in [3.8, 4) is 0 Å². The van der Waals surface area contributed by atoms with Gasteiger partial charge in [-0.3, -0.25) is 0 Å². The SMILES string of the molecule is C=C(/C=C(\C=C(/C)O)N=O)/C(=N/C(=C)C(C)(C)c1ccccc1C)OC. The molecule has 0 radical (unpaired) electrons. The van der Waals surface area contributed by atoms with Crippen LogP contribution in [0, 0.1) is 11.8 Å². The number of nitrogens with zero attached hydrogens (tertiary/aromatic N) is 2. The molecule has 0 heterocycles. The lowest BCUT2D eigenvalue weighted by Crippen LogP contribution is -2.21. The molecule has 0 amide bonds. The van der Waals surface area contributed by atoms with Gasteiger partial charge in [-0.1, -0.05) is 51.3 Å². The van der Waals surface area contributed by atoms with Gasteiger partial charge in [0, 0.05) is 22.8 Å². The number of benzene rings is 1. The summed E-state index contributed by atoms with van der Waals surface area (Å²) in [5, 5.41) is 12.1. The molecule has 1 N–H and O–H groups in total. The summed E-state index contributed by atoms with van der Waals surface area (Å²) in [5.74, 6) is 0.187. The number of aliphatic hydroxyl groups excluding tert-OH is 1. The number of allylic oxidation sites excluding steroid dienone is 3. The van der Waals surface area contributed by atoms with Gasteiger partial charge in [0.1, 0.15) is 5.70 Å². The molecule has 0 fully saturated rings. The summed E-state index contributed by atoms with van der Waals surface area (Å²) in [7, 11) is 1.47. The van der Waals surface area contributed by atoms with Crippen LogP contribution in [-0.4, -0.2) is 18.1 Å². The molecule has 0 aromatic heterocycles. The van der Waals surface area contributed by atoms with Gasteiger partial charge in [0.25, 0.3) is 0 Å². The predicted molar refractivity (Wildman–Crippen MR) is 107 cm³/mol. The molecule has 0 aliphatic carbocycles. The Kier molecular flexibility index (Phi) is 7.26. The molecule has 0 saturated carbocycles. The largest absolute Gasteiger partial charge is 0.513 e. The van der Waals surface area contributed by atoms with Crippen LogP contribution in [0.2, 0.25) is 0 Å². The normalized spacial score (nSPS) is 13.3. The van der Waals surface area contributed by atoms with E-state index in [1.807, 2.05) is 45.0 Å². The summed E-state index contributed by atoms with van der Waals surface area (Å²) < 4.78 is 5.31. The lowest BCUT2D eigenvalue weighted by atomic mass is 9.80. The van der Waals surface area contributed by atoms with E-state index < -0.39 is 5.41 Å². The first kappa shape index (κ1) is 21.1. The number of hydrogen-bond acceptors (Lipinski definition) is 5. The predicted octanol–water partition coefficient (Wildman–Crippen LogP) is 5.50. The van der Waals surface area contributed by atoms with Crippen molar-refractivity contribution in [2.24, 2.45) is 10.2 Å². The minimum Gasteiger partial charge on any atom is -0.513 e. The second-order valence-electron chi connectivity index (χ2n) is 6.48. The van der Waals surface area contributed by atoms with Gasteiger partial charge < -0.3 is 9.84 Å². The fourth-order valence-corrected chi connectivity index (χ4v) is 2.49. The Morgan fingerprint density at radius 1 is 1.23 bits per heavy atom. The Morgan fingerprint density at radius 3 is 2.35 bits per heavy atom. The van der Waals surface area contributed by atoms with E-state index in [0.717, 1.165) is 11.1 Å². The molecule has 0 saturated heterocycles. The number of aryl methyl sites for hydroxylation is 1. The molecule has 5 heteroatoms. The van der Waals surface area contributed by atoms with Crippen LogP contribution in [0.1, 0.15) is 31.9 Å². The molecule has 5 nitrogen and oxygen atoms in total. The van der Waals surface area contributed by atoms with Gasteiger partial charge in [-0.05, 0) is 36.2 Å². The Balaban J connectivity index is 3.22. The van der Waals surface area contributed by atoms with Crippen molar-refractivity contribution in [1.29, 1.82) is 0 Å². The summed E-state index contributed by atoms with van der Waals surface area (Å²) in [6.07, 6.45) is 2.63. The van der Waals surface area contributed by atoms with E-state index in [1.165, 1.54) is 26.2 Å². The summed E-state index contributed by atoms with van der Waals surface area (Å²) in [6.45, 7) is 15.5. The van der Waals surface area contributed by atoms with Crippen molar-refractivity contribution in [3.63, 3.8) is 0 Å². The van der Waals surface area contributed by atoms with Gasteiger partial charge in [0.15, 0.2) is 0 Å². The van der Waals surface area contributed by atoms with Gasteiger partial charge in [0.05, 0.1) is 12.9 Å². The summed E-state index contributed by atoms with van der Waals surface area (Å²) in [4.78, 5) is 15.4. The van der Waals surface area contributed by atoms with Crippen molar-refractivity contribution in [3.05, 3.63) is 88.3 Å². The quantitative estimate of drug-likeness (QED) is 0.231. The minimum atomic E-state index is -0.424. The van der Waals surface area contributed by atoms with E-state index in [-0.39, 0.29) is 17.4 Å². The van der Waals surface area contributed by atoms with E-state index >= 15 is 0 Å². The maximum atomic E-state index is 10.9. The van der Waals surface area contributed by atoms with Crippen molar-refractivity contribution in [2.45, 2.75) is 33.1 Å². The molecule has 1 aromatic carbocycles. The van der Waals surface area contributed by atoms with Crippen molar-refractivity contribution >= 4 is 5.90 Å². The van der Waals surface area contributed by atoms with Crippen LogP contribution >= 0.6 is 0 Å². The topological polar surface area (TPSA) is 71.2 Å². The Labute approximate surface area is 155 Å². The van der Waals surface area contributed by atoms with Crippen LogP contribution in [0.3, 0.4) is 0 Å². The smallest absolute Gasteiger partial charge is 0.220 e. The molecule has 138 valence electrons. The second kappa shape index (κ2) is 8.94. The first-order chi connectivity index (χ1) is 12.1. The number of rotatable bonds is 7. The molecule has 26 heavy (non-hydrogen) atoms. The van der Waals surface area contributed by atoms with Crippen LogP contribution in [0.5, 0.6) is 0 Å². The number of ether oxygens (including phenoxy) is 1. The van der Waals surface area contributed by atoms with Crippen molar-refractivity contribution in [2.75, 3.05) is 7.11 Å². The highest BCUT2D eigenvalue weighted by Gasteiger charge is 2.26. The number of methoxy groups -OCH3 is 1. The zero-order chi connectivity index (χ0) is 19.9. The lowest BCUT2D eigenvalue weighted by Gasteiger charge is -2.27. The first-order valence-corrected chi connectivity index (χ1v) is 8.13. The highest BCUT2D eigenvalue weighted by atomic mass is 16.5. The van der Waals surface area contributed by atoms with Crippen LogP contribution in [-0.2, 0) is 10.2 Å². The molecule has 0 aliphatic rings. The zero-order valence-electron chi connectivity index (χ0n) is 16.0. The average Bonchev–Trinajstić information content (AvgIpc) is 2.58. The standard InChI is InChI=1S/C21H26N2O3/c1-14-10-8-9-11-19(14)21(5,6)17(4)22-20(26-7)15(2)12-18(23-25)13-16(3)24/h8-13,24H,2,4H2,1,3,5-7H3/b16-13+,18-12+,22-20-. The monoisotopic (exact) mass is 354 g/mol. The molecular formula is C21H26N2O3. The van der Waals surface area contributed by atoms with Crippen molar-refractivity contribution in [1.82, 2.24) is 0 Å². The number of aliphatic hydroxyl groups is 1. The summed E-state index contributed by atoms with van der Waals surface area (Å²) in [5.41, 5.74) is 2.78. The van der Waals surface area contributed by atoms with Crippen molar-refractivity contribution < 1.29 is 9.84 Å². The van der Waals surface area contributed by atoms with Gasteiger partial charge in [-0.2, -0.15) is 0 Å². The molecule has 0 atom stereocenters. The number of hydrogen-bond donors (Lipinski definition) is 1. The zero-order valence-corrected chi connectivity index (χ0v) is 16.0. The van der Waals surface area contributed by atoms with Crippen LogP contribution in [0.25, 0.3) is 0 Å². The van der Waals surface area contributed by atoms with Crippen LogP contribution in [0.15, 0.2) is 82.5 Å². The van der Waals surface area contributed by atoms with E-state index in [2.05, 4.69) is 23.3 Å². The van der Waals surface area contributed by atoms with E-state index in [9.17, 15) is 10.0 Å². The van der Waals surface area contributed by atoms with Crippen LogP contribution in [0.4, 0.5) is 0 Å². The molecule has 1 aromatic rings. The molecule has 0 spiro atoms. The third kappa shape index (κ3) is 5.28. The van der Waals surface area contributed by atoms with Gasteiger partial charge in [-0.15, -0.1) is 4.91 Å². The maximum absolute atomic E-state index is 10.9. The fraction of sp³-hybridized carbons (Fsp3) is 0.286. The van der Waals surface area contributed by atoms with Gasteiger partial charge in [-0.25, -0.2) is 4.99 Å². The Bertz CT molecular complexity index is 795. The average molecular weight is 354 g/mol. The second-order valence-corrected chi connectivity index (χ2v) is 6.48. The first-order valence-electron chi connectivity index (χ1n) is 8.13. The lowest BCUT2D eigenvalue weighted by molar-refractivity contribution is 0.402. The molecule has 0 bridgehead atoms. The van der Waals surface area contributed by atoms with Crippen LogP contribution < -0.4 is 0 Å². The Hall–Kier alpha value is -2.95. The fourth-order valence-electron chi connectivity index (χ4n) is 2.49. The van der Waals surface area contributed by atoms with E-state index in [4.69, 9.17) is 4.74 Å². The molecule has 0 aliphatic heterocycles. The van der Waals surface area contributed by atoms with Gasteiger partial charge >= 0.3 is 0 Å². The highest BCUT2D eigenvalue weighted by molar-refractivity contribution is 5.96. The summed E-state index contributed by atoms with van der Waals surface area (Å²) >= 11 is 0. The van der Waals surface area contributed by atoms with Gasteiger partial charge in [0.2, 0.25) is 5.90 Å². The highest BCUT2D eigenvalue weighted by Crippen LogP contribution is 2.33. The third-order valence-electron chi connectivity index (χ3n) is 4.03. The van der Waals surface area contributed by atoms with E-state index in [0.29, 0.717) is 11.3 Å². The molecule has 1 rings (SSSR count). The third-order valence-corrected chi connectivity index (χ3v) is 4.03. The number of nitroso groups, excluding NO2 is 1.